The Morgan fingerprint density at radius 3 is 0.905 bits per heavy atom. The van der Waals surface area contributed by atoms with E-state index in [0.29, 0.717) is 40.9 Å². The van der Waals surface area contributed by atoms with E-state index < -0.39 is 18.5 Å². The van der Waals surface area contributed by atoms with E-state index in [4.69, 9.17) is 28.4 Å². The summed E-state index contributed by atoms with van der Waals surface area (Å²) in [5, 5.41) is 0. The van der Waals surface area contributed by atoms with Crippen LogP contribution in [0.3, 0.4) is 0 Å². The Kier molecular flexibility index (Phi) is 13.4. The maximum atomic E-state index is 12.8. The molecule has 1 aliphatic rings. The topological polar surface area (TPSA) is 107 Å². The highest BCUT2D eigenvalue weighted by molar-refractivity contribution is 5.68. The summed E-state index contributed by atoms with van der Waals surface area (Å²) < 4.78 is 32.7. The summed E-state index contributed by atoms with van der Waals surface area (Å²) in [4.78, 5) is 37.8. The van der Waals surface area contributed by atoms with Crippen molar-refractivity contribution in [3.05, 3.63) is 179 Å². The van der Waals surface area contributed by atoms with Crippen LogP contribution in [-0.4, -0.2) is 18.5 Å². The highest BCUT2D eigenvalue weighted by Crippen LogP contribution is 2.45. The maximum Gasteiger partial charge on any atom is 0.519 e. The van der Waals surface area contributed by atoms with Crippen LogP contribution in [0.2, 0.25) is 0 Å². The van der Waals surface area contributed by atoms with Gasteiger partial charge in [0.2, 0.25) is 0 Å². The minimum absolute atomic E-state index is 0.000820. The average molecular weight is 847 g/mol. The number of rotatable bonds is 10. The standard InChI is InChI=1S/C54H54O9/c1-52(2,3)39-14-26-45(27-15-39)60-49(55)58-43-22-10-37(11-23-43)36-38-12-24-44(25-13-38)59-50(56)62-47-30-18-41(19-31-47)54(34-8-7-9-35-54)42-20-32-48(33-21-42)63-51(57)61-46-28-16-40(17-29-46)53(4,5)6/h10-33H,7-9,34-36H2,1-6H3. The van der Waals surface area contributed by atoms with E-state index in [9.17, 15) is 14.4 Å². The molecule has 0 bridgehead atoms. The van der Waals surface area contributed by atoms with Gasteiger partial charge in [0.25, 0.3) is 0 Å². The van der Waals surface area contributed by atoms with E-state index in [-0.39, 0.29) is 16.2 Å². The summed E-state index contributed by atoms with van der Waals surface area (Å²) >= 11 is 0. The Hall–Kier alpha value is -6.87. The quantitative estimate of drug-likeness (QED) is 0.0984. The lowest BCUT2D eigenvalue weighted by Crippen LogP contribution is -2.30. The smallest absolute Gasteiger partial charge is 0.395 e. The third kappa shape index (κ3) is 11.7. The van der Waals surface area contributed by atoms with Gasteiger partial charge in [0.05, 0.1) is 0 Å². The molecule has 0 amide bonds. The molecular formula is C54H54O9. The second kappa shape index (κ2) is 19.0. The minimum Gasteiger partial charge on any atom is -0.395 e. The van der Waals surface area contributed by atoms with E-state index >= 15 is 0 Å². The molecule has 6 aromatic carbocycles. The zero-order valence-corrected chi connectivity index (χ0v) is 36.8. The van der Waals surface area contributed by atoms with Gasteiger partial charge < -0.3 is 28.4 Å². The van der Waals surface area contributed by atoms with Crippen LogP contribution >= 0.6 is 0 Å². The van der Waals surface area contributed by atoms with E-state index in [1.165, 1.54) is 0 Å². The third-order valence-corrected chi connectivity index (χ3v) is 11.4. The molecule has 1 saturated carbocycles. The Balaban J connectivity index is 0.890. The van der Waals surface area contributed by atoms with Gasteiger partial charge in [-0.1, -0.05) is 134 Å². The van der Waals surface area contributed by atoms with Crippen LogP contribution in [0, 0.1) is 0 Å². The first-order valence-electron chi connectivity index (χ1n) is 21.4. The van der Waals surface area contributed by atoms with Gasteiger partial charge >= 0.3 is 18.5 Å². The number of hydrogen-bond donors (Lipinski definition) is 0. The Morgan fingerprint density at radius 2 is 0.635 bits per heavy atom. The van der Waals surface area contributed by atoms with Crippen LogP contribution in [0.15, 0.2) is 146 Å². The van der Waals surface area contributed by atoms with Crippen LogP contribution in [-0.2, 0) is 22.7 Å². The predicted molar refractivity (Wildman–Crippen MR) is 243 cm³/mol. The lowest BCUT2D eigenvalue weighted by molar-refractivity contribution is 0.150. The Morgan fingerprint density at radius 1 is 0.381 bits per heavy atom. The molecule has 0 unspecified atom stereocenters. The molecular weight excluding hydrogens is 793 g/mol. The third-order valence-electron chi connectivity index (χ3n) is 11.4. The molecule has 0 saturated heterocycles. The van der Waals surface area contributed by atoms with Crippen molar-refractivity contribution in [2.75, 3.05) is 0 Å². The van der Waals surface area contributed by atoms with Crippen molar-refractivity contribution in [1.29, 1.82) is 0 Å². The molecule has 0 N–H and O–H groups in total. The first-order chi connectivity index (χ1) is 30.1. The average Bonchev–Trinajstić information content (AvgIpc) is 3.25. The summed E-state index contributed by atoms with van der Waals surface area (Å²) in [6, 6.07) is 44.5. The van der Waals surface area contributed by atoms with Crippen molar-refractivity contribution < 1.29 is 42.8 Å². The molecule has 0 spiro atoms. The fraction of sp³-hybridized carbons (Fsp3) is 0.278. The molecule has 0 aromatic heterocycles. The zero-order valence-electron chi connectivity index (χ0n) is 36.8. The van der Waals surface area contributed by atoms with Gasteiger partial charge in [-0.15, -0.1) is 0 Å². The summed E-state index contributed by atoms with van der Waals surface area (Å²) in [5.41, 5.74) is 6.28. The highest BCUT2D eigenvalue weighted by Gasteiger charge is 2.36. The summed E-state index contributed by atoms with van der Waals surface area (Å²) in [6.45, 7) is 12.7. The van der Waals surface area contributed by atoms with Crippen molar-refractivity contribution in [2.45, 2.75) is 96.3 Å². The SMILES string of the molecule is CC(C)(C)c1ccc(OC(=O)Oc2ccc(Cc3ccc(OC(=O)Oc4ccc(C5(c6ccc(OC(=O)Oc7ccc(C(C)(C)C)cc7)cc6)CCCCC5)cc4)cc3)cc2)cc1. The van der Waals surface area contributed by atoms with E-state index in [2.05, 4.69) is 41.5 Å². The normalized spacial score (nSPS) is 13.6. The van der Waals surface area contributed by atoms with Gasteiger partial charge in [-0.05, 0) is 136 Å². The fourth-order valence-corrected chi connectivity index (χ4v) is 7.86. The Bertz CT molecular complexity index is 2470. The van der Waals surface area contributed by atoms with Crippen LogP contribution < -0.4 is 28.4 Å². The van der Waals surface area contributed by atoms with Gasteiger partial charge in [-0.2, -0.15) is 0 Å². The van der Waals surface area contributed by atoms with Gasteiger partial charge in [-0.25, -0.2) is 14.4 Å². The number of carbonyl (C=O) groups excluding carboxylic acids is 3. The van der Waals surface area contributed by atoms with Crippen molar-refractivity contribution in [2.24, 2.45) is 0 Å². The van der Waals surface area contributed by atoms with Gasteiger partial charge in [0.15, 0.2) is 0 Å². The number of benzene rings is 6. The van der Waals surface area contributed by atoms with E-state index in [1.54, 1.807) is 72.8 Å². The first-order valence-corrected chi connectivity index (χ1v) is 21.4. The minimum atomic E-state index is -0.838. The first kappa shape index (κ1) is 44.2. The highest BCUT2D eigenvalue weighted by atomic mass is 16.7. The molecule has 0 heterocycles. The monoisotopic (exact) mass is 846 g/mol. The van der Waals surface area contributed by atoms with Crippen molar-refractivity contribution >= 4 is 18.5 Å². The van der Waals surface area contributed by atoms with Gasteiger partial charge in [0.1, 0.15) is 34.5 Å². The molecule has 1 fully saturated rings. The van der Waals surface area contributed by atoms with E-state index in [0.717, 1.165) is 65.5 Å². The molecule has 0 aliphatic heterocycles. The summed E-state index contributed by atoms with van der Waals surface area (Å²) in [5.74, 6) is 2.33. The largest absolute Gasteiger partial charge is 0.519 e. The zero-order chi connectivity index (χ0) is 44.6. The van der Waals surface area contributed by atoms with Crippen LogP contribution in [0.1, 0.15) is 107 Å². The molecule has 63 heavy (non-hydrogen) atoms. The predicted octanol–water partition coefficient (Wildman–Crippen LogP) is 13.9. The molecule has 0 radical (unpaired) electrons. The molecule has 9 nitrogen and oxygen atoms in total. The maximum absolute atomic E-state index is 12.8. The van der Waals surface area contributed by atoms with Crippen LogP contribution in [0.25, 0.3) is 0 Å². The second-order valence-corrected chi connectivity index (χ2v) is 18.1. The molecule has 7 rings (SSSR count). The molecule has 0 atom stereocenters. The fourth-order valence-electron chi connectivity index (χ4n) is 7.86. The number of carbonyl (C=O) groups is 3. The summed E-state index contributed by atoms with van der Waals surface area (Å²) in [6.07, 6.45) is 3.42. The molecule has 9 heteroatoms. The second-order valence-electron chi connectivity index (χ2n) is 18.1. The van der Waals surface area contributed by atoms with Gasteiger partial charge in [0, 0.05) is 5.41 Å². The lowest BCUT2D eigenvalue weighted by Gasteiger charge is -2.38. The Labute approximate surface area is 369 Å². The molecule has 1 aliphatic carbocycles. The van der Waals surface area contributed by atoms with E-state index in [1.807, 2.05) is 72.8 Å². The summed E-state index contributed by atoms with van der Waals surface area (Å²) in [7, 11) is 0. The van der Waals surface area contributed by atoms with Crippen LogP contribution in [0.5, 0.6) is 34.5 Å². The van der Waals surface area contributed by atoms with Crippen molar-refractivity contribution in [3.63, 3.8) is 0 Å². The molecule has 6 aromatic rings. The number of ether oxygens (including phenoxy) is 6. The van der Waals surface area contributed by atoms with Gasteiger partial charge in [-0.3, -0.25) is 0 Å². The molecule has 324 valence electrons. The van der Waals surface area contributed by atoms with Crippen molar-refractivity contribution in [1.82, 2.24) is 0 Å². The number of hydrogen-bond acceptors (Lipinski definition) is 9. The van der Waals surface area contributed by atoms with Crippen molar-refractivity contribution in [3.8, 4) is 34.5 Å². The lowest BCUT2D eigenvalue weighted by atomic mass is 9.65. The van der Waals surface area contributed by atoms with Crippen LogP contribution in [0.4, 0.5) is 14.4 Å².